The zero-order chi connectivity index (χ0) is 11.3. The zero-order valence-electron chi connectivity index (χ0n) is 7.96. The van der Waals surface area contributed by atoms with Crippen LogP contribution in [0.2, 0.25) is 0 Å². The Labute approximate surface area is 95.2 Å². The summed E-state index contributed by atoms with van der Waals surface area (Å²) in [6.45, 7) is 0.679. The highest BCUT2D eigenvalue weighted by Gasteiger charge is 2.21. The number of aromatic nitrogens is 1. The van der Waals surface area contributed by atoms with Crippen LogP contribution in [-0.2, 0) is 0 Å². The SMILES string of the molecule is NCCNC(c1ccc(Br)nc1)C(F)F. The lowest BCUT2D eigenvalue weighted by Crippen LogP contribution is -2.31. The van der Waals surface area contributed by atoms with Gasteiger partial charge in [-0.1, -0.05) is 6.07 Å². The number of hydrogen-bond donors (Lipinski definition) is 2. The van der Waals surface area contributed by atoms with Crippen LogP contribution in [0.3, 0.4) is 0 Å². The van der Waals surface area contributed by atoms with Crippen LogP contribution in [0.15, 0.2) is 22.9 Å². The van der Waals surface area contributed by atoms with Gasteiger partial charge in [-0.05, 0) is 27.6 Å². The molecule has 3 nitrogen and oxygen atoms in total. The van der Waals surface area contributed by atoms with Gasteiger partial charge in [0.05, 0.1) is 6.04 Å². The summed E-state index contributed by atoms with van der Waals surface area (Å²) >= 11 is 3.15. The molecule has 0 aliphatic carbocycles. The van der Waals surface area contributed by atoms with E-state index in [1.807, 2.05) is 0 Å². The summed E-state index contributed by atoms with van der Waals surface area (Å²) in [5, 5.41) is 2.67. The van der Waals surface area contributed by atoms with Gasteiger partial charge in [0.25, 0.3) is 6.43 Å². The first-order chi connectivity index (χ1) is 7.15. The van der Waals surface area contributed by atoms with Crippen LogP contribution in [0.5, 0.6) is 0 Å². The number of rotatable bonds is 5. The maximum Gasteiger partial charge on any atom is 0.257 e. The van der Waals surface area contributed by atoms with Gasteiger partial charge in [0.2, 0.25) is 0 Å². The van der Waals surface area contributed by atoms with Crippen LogP contribution >= 0.6 is 15.9 Å². The van der Waals surface area contributed by atoms with Crippen molar-refractivity contribution in [2.75, 3.05) is 13.1 Å². The van der Waals surface area contributed by atoms with Gasteiger partial charge in [-0.25, -0.2) is 13.8 Å². The fourth-order valence-corrected chi connectivity index (χ4v) is 1.40. The third kappa shape index (κ3) is 3.81. The van der Waals surface area contributed by atoms with E-state index < -0.39 is 12.5 Å². The number of nitrogens with zero attached hydrogens (tertiary/aromatic N) is 1. The van der Waals surface area contributed by atoms with E-state index in [-0.39, 0.29) is 0 Å². The van der Waals surface area contributed by atoms with Gasteiger partial charge >= 0.3 is 0 Å². The van der Waals surface area contributed by atoms with Crippen LogP contribution < -0.4 is 11.1 Å². The van der Waals surface area contributed by atoms with Crippen molar-refractivity contribution in [3.8, 4) is 0 Å². The topological polar surface area (TPSA) is 50.9 Å². The lowest BCUT2D eigenvalue weighted by atomic mass is 10.1. The monoisotopic (exact) mass is 279 g/mol. The van der Waals surface area contributed by atoms with Crippen LogP contribution in [0.1, 0.15) is 11.6 Å². The molecule has 0 aliphatic heterocycles. The summed E-state index contributed by atoms with van der Waals surface area (Å²) in [4.78, 5) is 3.90. The highest BCUT2D eigenvalue weighted by molar-refractivity contribution is 9.10. The van der Waals surface area contributed by atoms with Crippen LogP contribution in [0.4, 0.5) is 8.78 Å². The lowest BCUT2D eigenvalue weighted by Gasteiger charge is -2.17. The number of alkyl halides is 2. The van der Waals surface area contributed by atoms with Gasteiger partial charge in [-0.2, -0.15) is 0 Å². The van der Waals surface area contributed by atoms with Crippen molar-refractivity contribution in [1.29, 1.82) is 0 Å². The van der Waals surface area contributed by atoms with Gasteiger partial charge in [-0.3, -0.25) is 0 Å². The Morgan fingerprint density at radius 1 is 1.47 bits per heavy atom. The first kappa shape index (κ1) is 12.5. The molecule has 0 aromatic carbocycles. The molecule has 0 spiro atoms. The molecule has 0 amide bonds. The summed E-state index contributed by atoms with van der Waals surface area (Å²) in [6, 6.07) is 2.24. The molecule has 0 aliphatic rings. The number of nitrogens with one attached hydrogen (secondary N) is 1. The molecule has 0 saturated heterocycles. The molecule has 1 aromatic heterocycles. The molecule has 1 atom stereocenters. The second-order valence-corrected chi connectivity index (χ2v) is 3.78. The van der Waals surface area contributed by atoms with E-state index in [0.717, 1.165) is 0 Å². The Kier molecular flexibility index (Phi) is 5.07. The second-order valence-electron chi connectivity index (χ2n) is 2.97. The summed E-state index contributed by atoms with van der Waals surface area (Å²) in [5.41, 5.74) is 5.71. The normalized spacial score (nSPS) is 13.1. The largest absolute Gasteiger partial charge is 0.329 e. The van der Waals surface area contributed by atoms with Crippen molar-refractivity contribution in [3.63, 3.8) is 0 Å². The highest BCUT2D eigenvalue weighted by Crippen LogP contribution is 2.20. The number of pyridine rings is 1. The third-order valence-corrected chi connectivity index (χ3v) is 2.34. The van der Waals surface area contributed by atoms with Crippen LogP contribution in [-0.4, -0.2) is 24.5 Å². The molecule has 1 heterocycles. The number of nitrogens with two attached hydrogens (primary N) is 1. The van der Waals surface area contributed by atoms with E-state index in [9.17, 15) is 8.78 Å². The van der Waals surface area contributed by atoms with E-state index in [2.05, 4.69) is 26.2 Å². The molecule has 0 fully saturated rings. The molecule has 1 aromatic rings. The van der Waals surface area contributed by atoms with Crippen molar-refractivity contribution in [3.05, 3.63) is 28.5 Å². The number of halogens is 3. The van der Waals surface area contributed by atoms with E-state index >= 15 is 0 Å². The summed E-state index contributed by atoms with van der Waals surface area (Å²) < 4.78 is 26.0. The summed E-state index contributed by atoms with van der Waals surface area (Å²) in [7, 11) is 0. The second kappa shape index (κ2) is 6.09. The van der Waals surface area contributed by atoms with Gasteiger partial charge < -0.3 is 11.1 Å². The summed E-state index contributed by atoms with van der Waals surface area (Å²) in [5.74, 6) is 0. The van der Waals surface area contributed by atoms with Crippen LogP contribution in [0.25, 0.3) is 0 Å². The number of hydrogen-bond acceptors (Lipinski definition) is 3. The Hall–Kier alpha value is -0.590. The van der Waals surface area contributed by atoms with E-state index in [1.165, 1.54) is 6.20 Å². The van der Waals surface area contributed by atoms with Crippen molar-refractivity contribution in [2.45, 2.75) is 12.5 Å². The molecule has 0 bridgehead atoms. The van der Waals surface area contributed by atoms with E-state index in [0.29, 0.717) is 23.3 Å². The maximum absolute atomic E-state index is 12.7. The quantitative estimate of drug-likeness (QED) is 0.807. The fourth-order valence-electron chi connectivity index (χ4n) is 1.16. The average molecular weight is 280 g/mol. The predicted molar refractivity (Wildman–Crippen MR) is 57.7 cm³/mol. The van der Waals surface area contributed by atoms with Crippen molar-refractivity contribution in [1.82, 2.24) is 10.3 Å². The first-order valence-corrected chi connectivity index (χ1v) is 5.27. The Morgan fingerprint density at radius 2 is 2.20 bits per heavy atom. The maximum atomic E-state index is 12.7. The molecule has 3 N–H and O–H groups in total. The molecule has 1 unspecified atom stereocenters. The minimum Gasteiger partial charge on any atom is -0.329 e. The molecular formula is C9H12BrF2N3. The van der Waals surface area contributed by atoms with Gasteiger partial charge in [0.1, 0.15) is 4.60 Å². The van der Waals surface area contributed by atoms with Gasteiger partial charge in [0.15, 0.2) is 0 Å². The Balaban J connectivity index is 2.74. The Morgan fingerprint density at radius 3 is 2.67 bits per heavy atom. The molecule has 15 heavy (non-hydrogen) atoms. The summed E-state index contributed by atoms with van der Waals surface area (Å²) in [6.07, 6.45) is -1.05. The smallest absolute Gasteiger partial charge is 0.257 e. The first-order valence-electron chi connectivity index (χ1n) is 4.48. The van der Waals surface area contributed by atoms with Crippen molar-refractivity contribution in [2.24, 2.45) is 5.73 Å². The molecule has 6 heteroatoms. The molecule has 84 valence electrons. The van der Waals surface area contributed by atoms with Gasteiger partial charge in [-0.15, -0.1) is 0 Å². The van der Waals surface area contributed by atoms with Crippen molar-refractivity contribution < 1.29 is 8.78 Å². The van der Waals surface area contributed by atoms with E-state index in [1.54, 1.807) is 12.1 Å². The lowest BCUT2D eigenvalue weighted by molar-refractivity contribution is 0.0988. The van der Waals surface area contributed by atoms with Gasteiger partial charge in [0, 0.05) is 19.3 Å². The molecule has 0 saturated carbocycles. The fraction of sp³-hybridized carbons (Fsp3) is 0.444. The third-order valence-electron chi connectivity index (χ3n) is 1.87. The molecule has 1 rings (SSSR count). The van der Waals surface area contributed by atoms with Crippen molar-refractivity contribution >= 4 is 15.9 Å². The van der Waals surface area contributed by atoms with Crippen LogP contribution in [0, 0.1) is 0 Å². The zero-order valence-corrected chi connectivity index (χ0v) is 9.55. The minimum absolute atomic E-state index is 0.327. The predicted octanol–water partition coefficient (Wildman–Crippen LogP) is 1.70. The van der Waals surface area contributed by atoms with E-state index in [4.69, 9.17) is 5.73 Å². The Bertz CT molecular complexity index is 292. The molecule has 0 radical (unpaired) electrons. The standard InChI is InChI=1S/C9H12BrF2N3/c10-7-2-1-6(5-15-7)8(9(11)12)14-4-3-13/h1-2,5,8-9,14H,3-4,13H2. The molecular weight excluding hydrogens is 268 g/mol. The average Bonchev–Trinajstić information content (AvgIpc) is 2.21. The minimum atomic E-state index is -2.47. The highest BCUT2D eigenvalue weighted by atomic mass is 79.9.